The summed E-state index contributed by atoms with van der Waals surface area (Å²) in [5.41, 5.74) is 5.17. The maximum absolute atomic E-state index is 11.5. The third-order valence-corrected chi connectivity index (χ3v) is 4.33. The summed E-state index contributed by atoms with van der Waals surface area (Å²) in [6, 6.07) is 27.9. The van der Waals surface area contributed by atoms with Crippen molar-refractivity contribution in [2.24, 2.45) is 5.84 Å². The minimum absolute atomic E-state index is 0.277. The van der Waals surface area contributed by atoms with Gasteiger partial charge >= 0.3 is 0 Å². The molecule has 0 aliphatic carbocycles. The molecule has 0 saturated heterocycles. The van der Waals surface area contributed by atoms with Gasteiger partial charge in [-0.1, -0.05) is 60.7 Å². The zero-order chi connectivity index (χ0) is 18.2. The minimum atomic E-state index is -0.315. The highest BCUT2D eigenvalue weighted by molar-refractivity contribution is 5.93. The number of rotatable bonds is 7. The standard InChI is InChI=1S/C22H22N2O2/c23-24-22(25)19-11-13-20(14-12-19)26-16-15-21(17-7-3-1-4-8-17)18-9-5-2-6-10-18/h1-14,21H,15-16,23H2,(H,24,25). The molecule has 3 aromatic rings. The van der Waals surface area contributed by atoms with E-state index in [1.807, 2.05) is 12.1 Å². The Balaban J connectivity index is 1.66. The van der Waals surface area contributed by atoms with Crippen LogP contribution in [0.3, 0.4) is 0 Å². The van der Waals surface area contributed by atoms with Crippen molar-refractivity contribution in [3.05, 3.63) is 102 Å². The molecule has 1 amide bonds. The van der Waals surface area contributed by atoms with E-state index in [2.05, 4.69) is 54.0 Å². The third-order valence-electron chi connectivity index (χ3n) is 4.33. The molecule has 132 valence electrons. The van der Waals surface area contributed by atoms with Crippen LogP contribution in [-0.4, -0.2) is 12.5 Å². The minimum Gasteiger partial charge on any atom is -0.494 e. The van der Waals surface area contributed by atoms with Gasteiger partial charge in [0.05, 0.1) is 6.61 Å². The highest BCUT2D eigenvalue weighted by Crippen LogP contribution is 2.28. The van der Waals surface area contributed by atoms with Crippen molar-refractivity contribution in [1.82, 2.24) is 5.43 Å². The van der Waals surface area contributed by atoms with Crippen LogP contribution in [0.25, 0.3) is 0 Å². The molecule has 3 aromatic carbocycles. The fourth-order valence-corrected chi connectivity index (χ4v) is 2.98. The van der Waals surface area contributed by atoms with E-state index in [0.717, 1.165) is 12.2 Å². The molecule has 3 N–H and O–H groups in total. The second kappa shape index (κ2) is 8.83. The van der Waals surface area contributed by atoms with Gasteiger partial charge < -0.3 is 4.74 Å². The molecule has 0 saturated carbocycles. The van der Waals surface area contributed by atoms with Gasteiger partial charge in [0.25, 0.3) is 5.91 Å². The smallest absolute Gasteiger partial charge is 0.265 e. The van der Waals surface area contributed by atoms with E-state index in [0.29, 0.717) is 12.2 Å². The Morgan fingerprint density at radius 1 is 0.846 bits per heavy atom. The first kappa shape index (κ1) is 17.7. The Kier molecular flexibility index (Phi) is 6.01. The zero-order valence-corrected chi connectivity index (χ0v) is 14.5. The van der Waals surface area contributed by atoms with Crippen molar-refractivity contribution < 1.29 is 9.53 Å². The fourth-order valence-electron chi connectivity index (χ4n) is 2.98. The van der Waals surface area contributed by atoms with Crippen molar-refractivity contribution in [2.45, 2.75) is 12.3 Å². The highest BCUT2D eigenvalue weighted by atomic mass is 16.5. The quantitative estimate of drug-likeness (QED) is 0.387. The monoisotopic (exact) mass is 346 g/mol. The lowest BCUT2D eigenvalue weighted by Gasteiger charge is -2.18. The van der Waals surface area contributed by atoms with E-state index in [1.165, 1.54) is 11.1 Å². The lowest BCUT2D eigenvalue weighted by Crippen LogP contribution is -2.29. The van der Waals surface area contributed by atoms with Gasteiger partial charge in [0.15, 0.2) is 0 Å². The number of hydrogen-bond acceptors (Lipinski definition) is 3. The van der Waals surface area contributed by atoms with Crippen LogP contribution in [0.5, 0.6) is 5.75 Å². The maximum atomic E-state index is 11.5. The number of carbonyl (C=O) groups excluding carboxylic acids is 1. The summed E-state index contributed by atoms with van der Waals surface area (Å²) in [6.07, 6.45) is 0.860. The largest absolute Gasteiger partial charge is 0.494 e. The number of carbonyl (C=O) groups is 1. The summed E-state index contributed by atoms with van der Waals surface area (Å²) in [5.74, 6) is 5.83. The second-order valence-electron chi connectivity index (χ2n) is 6.01. The molecule has 4 heteroatoms. The Bertz CT molecular complexity index is 778. The number of amides is 1. The van der Waals surface area contributed by atoms with E-state index in [-0.39, 0.29) is 11.8 Å². The number of nitrogen functional groups attached to an aromatic ring is 1. The van der Waals surface area contributed by atoms with Crippen LogP contribution in [0.15, 0.2) is 84.9 Å². The van der Waals surface area contributed by atoms with Crippen LogP contribution in [-0.2, 0) is 0 Å². The Hall–Kier alpha value is -3.11. The molecule has 0 aliphatic rings. The SMILES string of the molecule is NNC(=O)c1ccc(OCCC(c2ccccc2)c2ccccc2)cc1. The summed E-state index contributed by atoms with van der Waals surface area (Å²) in [6.45, 7) is 0.580. The van der Waals surface area contributed by atoms with E-state index in [9.17, 15) is 4.79 Å². The number of benzene rings is 3. The molecule has 0 aliphatic heterocycles. The van der Waals surface area contributed by atoms with Crippen molar-refractivity contribution in [3.63, 3.8) is 0 Å². The third kappa shape index (κ3) is 4.49. The number of hydrogen-bond donors (Lipinski definition) is 2. The number of hydrazine groups is 1. The number of nitrogens with two attached hydrogens (primary N) is 1. The molecule has 0 spiro atoms. The van der Waals surface area contributed by atoms with Crippen LogP contribution < -0.4 is 16.0 Å². The predicted octanol–water partition coefficient (Wildman–Crippen LogP) is 3.89. The molecule has 26 heavy (non-hydrogen) atoms. The van der Waals surface area contributed by atoms with Crippen LogP contribution >= 0.6 is 0 Å². The highest BCUT2D eigenvalue weighted by Gasteiger charge is 2.14. The normalized spacial score (nSPS) is 10.5. The lowest BCUT2D eigenvalue weighted by atomic mass is 9.89. The van der Waals surface area contributed by atoms with Gasteiger partial charge in [-0.3, -0.25) is 10.2 Å². The molecule has 0 unspecified atom stereocenters. The summed E-state index contributed by atoms with van der Waals surface area (Å²) in [4.78, 5) is 11.5. The molecule has 0 atom stereocenters. The Morgan fingerprint density at radius 2 is 1.38 bits per heavy atom. The molecule has 0 bridgehead atoms. The van der Waals surface area contributed by atoms with Gasteiger partial charge in [0, 0.05) is 11.5 Å². The van der Waals surface area contributed by atoms with E-state index >= 15 is 0 Å². The Labute approximate surface area is 153 Å². The van der Waals surface area contributed by atoms with Gasteiger partial charge in [-0.2, -0.15) is 0 Å². The maximum Gasteiger partial charge on any atom is 0.265 e. The van der Waals surface area contributed by atoms with Gasteiger partial charge in [-0.15, -0.1) is 0 Å². The van der Waals surface area contributed by atoms with Crippen LogP contribution in [0.2, 0.25) is 0 Å². The van der Waals surface area contributed by atoms with Crippen molar-refractivity contribution in [1.29, 1.82) is 0 Å². The summed E-state index contributed by atoms with van der Waals surface area (Å²) in [7, 11) is 0. The first-order valence-corrected chi connectivity index (χ1v) is 8.61. The van der Waals surface area contributed by atoms with E-state index < -0.39 is 0 Å². The van der Waals surface area contributed by atoms with Crippen LogP contribution in [0.4, 0.5) is 0 Å². The van der Waals surface area contributed by atoms with Crippen molar-refractivity contribution >= 4 is 5.91 Å². The molecular formula is C22H22N2O2. The van der Waals surface area contributed by atoms with Gasteiger partial charge in [-0.05, 0) is 41.8 Å². The van der Waals surface area contributed by atoms with Crippen LogP contribution in [0.1, 0.15) is 33.8 Å². The number of nitrogens with one attached hydrogen (secondary N) is 1. The van der Waals surface area contributed by atoms with Crippen molar-refractivity contribution in [2.75, 3.05) is 6.61 Å². The summed E-state index contributed by atoms with van der Waals surface area (Å²) in [5, 5.41) is 0. The average Bonchev–Trinajstić information content (AvgIpc) is 2.72. The zero-order valence-electron chi connectivity index (χ0n) is 14.5. The molecule has 0 fully saturated rings. The molecule has 0 heterocycles. The van der Waals surface area contributed by atoms with Crippen molar-refractivity contribution in [3.8, 4) is 5.75 Å². The summed E-state index contributed by atoms with van der Waals surface area (Å²) < 4.78 is 5.88. The molecule has 4 nitrogen and oxygen atoms in total. The van der Waals surface area contributed by atoms with E-state index in [4.69, 9.17) is 10.6 Å². The molecule has 3 rings (SSSR count). The second-order valence-corrected chi connectivity index (χ2v) is 6.01. The van der Waals surface area contributed by atoms with Gasteiger partial charge in [-0.25, -0.2) is 5.84 Å². The van der Waals surface area contributed by atoms with Crippen LogP contribution in [0, 0.1) is 0 Å². The average molecular weight is 346 g/mol. The topological polar surface area (TPSA) is 64.3 Å². The fraction of sp³-hybridized carbons (Fsp3) is 0.136. The lowest BCUT2D eigenvalue weighted by molar-refractivity contribution is 0.0953. The van der Waals surface area contributed by atoms with Gasteiger partial charge in [0.1, 0.15) is 5.75 Å². The Morgan fingerprint density at radius 3 is 1.88 bits per heavy atom. The molecule has 0 aromatic heterocycles. The van der Waals surface area contributed by atoms with E-state index in [1.54, 1.807) is 24.3 Å². The first-order valence-electron chi connectivity index (χ1n) is 8.61. The molecule has 0 radical (unpaired) electrons. The van der Waals surface area contributed by atoms with Gasteiger partial charge in [0.2, 0.25) is 0 Å². The number of ether oxygens (including phenoxy) is 1. The first-order chi connectivity index (χ1) is 12.8. The predicted molar refractivity (Wildman–Crippen MR) is 103 cm³/mol. The summed E-state index contributed by atoms with van der Waals surface area (Å²) >= 11 is 0. The molecular weight excluding hydrogens is 324 g/mol.